The average molecular weight is 228 g/mol. The van der Waals surface area contributed by atoms with Crippen molar-refractivity contribution in [2.75, 3.05) is 13.1 Å². The van der Waals surface area contributed by atoms with Crippen molar-refractivity contribution in [2.24, 2.45) is 0 Å². The van der Waals surface area contributed by atoms with Crippen molar-refractivity contribution in [3.8, 4) is 0 Å². The summed E-state index contributed by atoms with van der Waals surface area (Å²) < 4.78 is 0. The van der Waals surface area contributed by atoms with Crippen LogP contribution in [0.1, 0.15) is 45.4 Å². The Labute approximate surface area is 97.8 Å². The number of amides is 1. The highest BCUT2D eigenvalue weighted by Crippen LogP contribution is 2.17. The molecule has 1 amide bonds. The van der Waals surface area contributed by atoms with Gasteiger partial charge in [0.2, 0.25) is 5.91 Å². The molecule has 16 heavy (non-hydrogen) atoms. The Kier molecular flexibility index (Phi) is 6.42. The third-order valence-corrected chi connectivity index (χ3v) is 3.05. The summed E-state index contributed by atoms with van der Waals surface area (Å²) in [6, 6.07) is 0.488. The number of carbonyl (C=O) groups is 1. The molecule has 1 rings (SSSR count). The second-order valence-corrected chi connectivity index (χ2v) is 4.56. The number of hydrogen-bond acceptors (Lipinski definition) is 3. The molecule has 0 radical (unpaired) electrons. The standard InChI is InChI=1S/C12H24N2O2/c1-2-8-14-12(16)7-9-13-10-3-5-11(15)6-4-10/h10-11,13,15H,2-9H2,1H3,(H,14,16). The molecular formula is C12H24N2O2. The van der Waals surface area contributed by atoms with Crippen LogP contribution in [-0.4, -0.2) is 36.2 Å². The van der Waals surface area contributed by atoms with Crippen molar-refractivity contribution in [3.63, 3.8) is 0 Å². The lowest BCUT2D eigenvalue weighted by Crippen LogP contribution is -2.37. The van der Waals surface area contributed by atoms with Crippen LogP contribution in [0.5, 0.6) is 0 Å². The summed E-state index contributed by atoms with van der Waals surface area (Å²) in [4.78, 5) is 11.3. The molecule has 0 aromatic rings. The lowest BCUT2D eigenvalue weighted by Gasteiger charge is -2.26. The average Bonchev–Trinajstić information content (AvgIpc) is 2.29. The quantitative estimate of drug-likeness (QED) is 0.630. The Morgan fingerprint density at radius 2 is 1.94 bits per heavy atom. The topological polar surface area (TPSA) is 61.4 Å². The van der Waals surface area contributed by atoms with Crippen molar-refractivity contribution < 1.29 is 9.90 Å². The maximum atomic E-state index is 11.3. The van der Waals surface area contributed by atoms with Crippen LogP contribution in [0.4, 0.5) is 0 Å². The van der Waals surface area contributed by atoms with Gasteiger partial charge in [-0.1, -0.05) is 6.92 Å². The summed E-state index contributed by atoms with van der Waals surface area (Å²) in [6.45, 7) is 3.57. The Hall–Kier alpha value is -0.610. The van der Waals surface area contributed by atoms with Gasteiger partial charge in [0.05, 0.1) is 6.10 Å². The molecule has 4 nitrogen and oxygen atoms in total. The van der Waals surface area contributed by atoms with E-state index in [1.807, 2.05) is 6.92 Å². The molecule has 0 heterocycles. The highest BCUT2D eigenvalue weighted by Gasteiger charge is 2.18. The summed E-state index contributed by atoms with van der Waals surface area (Å²) in [7, 11) is 0. The molecule has 0 aromatic carbocycles. The van der Waals surface area contributed by atoms with Crippen LogP contribution >= 0.6 is 0 Å². The molecule has 0 bridgehead atoms. The van der Waals surface area contributed by atoms with Crippen molar-refractivity contribution in [1.82, 2.24) is 10.6 Å². The molecule has 3 N–H and O–H groups in total. The zero-order valence-corrected chi connectivity index (χ0v) is 10.2. The van der Waals surface area contributed by atoms with E-state index >= 15 is 0 Å². The van der Waals surface area contributed by atoms with E-state index in [2.05, 4.69) is 10.6 Å². The highest BCUT2D eigenvalue weighted by atomic mass is 16.3. The molecule has 0 aromatic heterocycles. The molecule has 1 aliphatic carbocycles. The lowest BCUT2D eigenvalue weighted by molar-refractivity contribution is -0.121. The van der Waals surface area contributed by atoms with E-state index in [1.165, 1.54) is 0 Å². The lowest BCUT2D eigenvalue weighted by atomic mass is 9.93. The Bertz CT molecular complexity index is 201. The molecule has 0 unspecified atom stereocenters. The van der Waals surface area contributed by atoms with Gasteiger partial charge in [-0.25, -0.2) is 0 Å². The summed E-state index contributed by atoms with van der Waals surface area (Å²) >= 11 is 0. The summed E-state index contributed by atoms with van der Waals surface area (Å²) in [5.74, 6) is 0.130. The van der Waals surface area contributed by atoms with E-state index in [9.17, 15) is 9.90 Å². The number of rotatable bonds is 6. The van der Waals surface area contributed by atoms with Gasteiger partial charge in [0.1, 0.15) is 0 Å². The minimum Gasteiger partial charge on any atom is -0.393 e. The fraction of sp³-hybridized carbons (Fsp3) is 0.917. The molecule has 0 spiro atoms. The Morgan fingerprint density at radius 1 is 1.25 bits per heavy atom. The summed E-state index contributed by atoms with van der Waals surface area (Å²) in [5.41, 5.74) is 0. The zero-order valence-electron chi connectivity index (χ0n) is 10.2. The maximum Gasteiger partial charge on any atom is 0.221 e. The van der Waals surface area contributed by atoms with E-state index < -0.39 is 0 Å². The van der Waals surface area contributed by atoms with Gasteiger partial charge in [0.15, 0.2) is 0 Å². The van der Waals surface area contributed by atoms with E-state index in [0.29, 0.717) is 12.5 Å². The predicted molar refractivity (Wildman–Crippen MR) is 64.2 cm³/mol. The van der Waals surface area contributed by atoms with Gasteiger partial charge in [0, 0.05) is 25.6 Å². The van der Waals surface area contributed by atoms with Gasteiger partial charge in [0.25, 0.3) is 0 Å². The number of aliphatic hydroxyl groups is 1. The van der Waals surface area contributed by atoms with Crippen molar-refractivity contribution >= 4 is 5.91 Å². The van der Waals surface area contributed by atoms with Crippen molar-refractivity contribution in [1.29, 1.82) is 0 Å². The number of aliphatic hydroxyl groups excluding tert-OH is 1. The van der Waals surface area contributed by atoms with Crippen LogP contribution in [0.25, 0.3) is 0 Å². The maximum absolute atomic E-state index is 11.3. The van der Waals surface area contributed by atoms with Gasteiger partial charge >= 0.3 is 0 Å². The van der Waals surface area contributed by atoms with Crippen LogP contribution in [0.15, 0.2) is 0 Å². The normalized spacial score (nSPS) is 25.4. The first-order valence-electron chi connectivity index (χ1n) is 6.40. The second-order valence-electron chi connectivity index (χ2n) is 4.56. The largest absolute Gasteiger partial charge is 0.393 e. The molecule has 1 fully saturated rings. The van der Waals surface area contributed by atoms with Gasteiger partial charge in [-0.05, 0) is 32.1 Å². The predicted octanol–water partition coefficient (Wildman–Crippen LogP) is 0.796. The smallest absolute Gasteiger partial charge is 0.221 e. The summed E-state index contributed by atoms with van der Waals surface area (Å²) in [6.07, 6.45) is 5.26. The van der Waals surface area contributed by atoms with Crippen LogP contribution < -0.4 is 10.6 Å². The first-order chi connectivity index (χ1) is 7.72. The number of nitrogens with one attached hydrogen (secondary N) is 2. The first-order valence-corrected chi connectivity index (χ1v) is 6.40. The van der Waals surface area contributed by atoms with Gasteiger partial charge in [-0.2, -0.15) is 0 Å². The molecule has 1 saturated carbocycles. The molecule has 94 valence electrons. The van der Waals surface area contributed by atoms with Crippen LogP contribution in [0.3, 0.4) is 0 Å². The van der Waals surface area contributed by atoms with Gasteiger partial charge in [-0.3, -0.25) is 4.79 Å². The van der Waals surface area contributed by atoms with Crippen molar-refractivity contribution in [3.05, 3.63) is 0 Å². The third-order valence-electron chi connectivity index (χ3n) is 3.05. The molecule has 0 saturated heterocycles. The second kappa shape index (κ2) is 7.63. The molecule has 1 aliphatic rings. The van der Waals surface area contributed by atoms with Gasteiger partial charge < -0.3 is 15.7 Å². The van der Waals surface area contributed by atoms with E-state index in [4.69, 9.17) is 0 Å². The molecule has 4 heteroatoms. The molecule has 0 atom stereocenters. The Morgan fingerprint density at radius 3 is 2.56 bits per heavy atom. The van der Waals surface area contributed by atoms with Crippen LogP contribution in [-0.2, 0) is 4.79 Å². The fourth-order valence-corrected chi connectivity index (χ4v) is 2.02. The zero-order chi connectivity index (χ0) is 11.8. The van der Waals surface area contributed by atoms with Gasteiger partial charge in [-0.15, -0.1) is 0 Å². The monoisotopic (exact) mass is 228 g/mol. The van der Waals surface area contributed by atoms with E-state index in [1.54, 1.807) is 0 Å². The number of carbonyl (C=O) groups excluding carboxylic acids is 1. The van der Waals surface area contributed by atoms with Crippen molar-refractivity contribution in [2.45, 2.75) is 57.6 Å². The molecular weight excluding hydrogens is 204 g/mol. The third kappa shape index (κ3) is 5.47. The number of hydrogen-bond donors (Lipinski definition) is 3. The fourth-order valence-electron chi connectivity index (χ4n) is 2.02. The highest BCUT2D eigenvalue weighted by molar-refractivity contribution is 5.75. The summed E-state index contributed by atoms with van der Waals surface area (Å²) in [5, 5.41) is 15.6. The minimum absolute atomic E-state index is 0.106. The molecule has 0 aliphatic heterocycles. The minimum atomic E-state index is -0.106. The first kappa shape index (κ1) is 13.5. The van der Waals surface area contributed by atoms with Crippen LogP contribution in [0.2, 0.25) is 0 Å². The SMILES string of the molecule is CCCNC(=O)CCNC1CCC(O)CC1. The Balaban J connectivity index is 2.00. The van der Waals surface area contributed by atoms with E-state index in [0.717, 1.165) is 45.2 Å². The van der Waals surface area contributed by atoms with Crippen LogP contribution in [0, 0.1) is 0 Å². The van der Waals surface area contributed by atoms with E-state index in [-0.39, 0.29) is 12.0 Å².